The molecular weight excluding hydrogens is 974 g/mol. The van der Waals surface area contributed by atoms with Crippen molar-refractivity contribution in [2.24, 2.45) is 92.7 Å². The van der Waals surface area contributed by atoms with Gasteiger partial charge >= 0.3 is 20.1 Å². The normalized spacial score (nSPS) is 38.9. The van der Waals surface area contributed by atoms with E-state index in [9.17, 15) is 19.0 Å². The van der Waals surface area contributed by atoms with Crippen LogP contribution in [0.5, 0.6) is 0 Å². The summed E-state index contributed by atoms with van der Waals surface area (Å²) in [4.78, 5) is 37.8. The molecule has 2 unspecified atom stereocenters. The van der Waals surface area contributed by atoms with E-state index in [1.54, 1.807) is 0 Å². The molecule has 0 aromatic heterocycles. The molecule has 6 fully saturated rings. The summed E-state index contributed by atoms with van der Waals surface area (Å²) in [5, 5.41) is 0. The maximum atomic E-state index is 13.7. The summed E-state index contributed by atoms with van der Waals surface area (Å²) in [6.45, 7) is 24.2. The van der Waals surface area contributed by atoms with Crippen molar-refractivity contribution in [2.45, 2.75) is 229 Å². The molecule has 12 heteroatoms. The fourth-order valence-electron chi connectivity index (χ4n) is 18.9. The maximum absolute atomic E-state index is 13.7. The lowest BCUT2D eigenvalue weighted by atomic mass is 9.47. The van der Waals surface area contributed by atoms with Gasteiger partial charge in [-0.2, -0.15) is 0 Å². The molecule has 8 rings (SSSR count). The second-order valence-electron chi connectivity index (χ2n) is 29.7. The number of phosphoric acid groups is 1. The van der Waals surface area contributed by atoms with Gasteiger partial charge < -0.3 is 28.3 Å². The highest BCUT2D eigenvalue weighted by molar-refractivity contribution is 7.47. The largest absolute Gasteiger partial charge is 0.509 e. The van der Waals surface area contributed by atoms with Gasteiger partial charge in [0.25, 0.3) is 0 Å². The number of allylic oxidation sites excluding steroid dienone is 2. The predicted molar refractivity (Wildman–Crippen MR) is 302 cm³/mol. The van der Waals surface area contributed by atoms with Crippen LogP contribution < -0.4 is 0 Å². The molecule has 11 nitrogen and oxygen atoms in total. The molecule has 6 saturated carbocycles. The third-order valence-electron chi connectivity index (χ3n) is 23.1. The SMILES string of the molecule is CC(C)CCC[C@@H](C)[C@H]1CC[C@H]2[C@@H]3CC=C4C[C@@H](OC(=O)OCC(COP(=O)(O)OCC[N+](C)(C)C)OC(=O)O[C@H]5CC[C@@]6(C)C(=CC[C@H]7[C@@H]8CC[C@H]([C@H](C)CCCC(C)C)[C@@]8(C)CC[C@@H]76)C5)CC[C@]4(C)[C@H]3CC[C@]12C. The smallest absolute Gasteiger partial charge is 0.431 e. The first-order chi connectivity index (χ1) is 35.7. The van der Waals surface area contributed by atoms with Gasteiger partial charge in [-0.1, -0.05) is 131 Å². The van der Waals surface area contributed by atoms with Crippen LogP contribution in [0.15, 0.2) is 23.3 Å². The van der Waals surface area contributed by atoms with E-state index in [2.05, 4.69) is 81.4 Å². The number of fused-ring (bicyclic) bond motifs is 10. The second kappa shape index (κ2) is 24.3. The molecule has 76 heavy (non-hydrogen) atoms. The van der Waals surface area contributed by atoms with Gasteiger partial charge in [-0.05, 0) is 183 Å². The molecule has 0 heterocycles. The number of quaternary nitrogens is 1. The quantitative estimate of drug-likeness (QED) is 0.0485. The fourth-order valence-corrected chi connectivity index (χ4v) is 19.6. The number of carbonyl (C=O) groups excluding carboxylic acids is 2. The first-order valence-electron chi connectivity index (χ1n) is 31.3. The molecule has 0 aromatic carbocycles. The van der Waals surface area contributed by atoms with E-state index < -0.39 is 39.5 Å². The Morgan fingerprint density at radius 2 is 1.09 bits per heavy atom. The predicted octanol–water partition coefficient (Wildman–Crippen LogP) is 16.3. The van der Waals surface area contributed by atoms with E-state index in [1.807, 2.05) is 21.1 Å². The summed E-state index contributed by atoms with van der Waals surface area (Å²) in [6.07, 6.45) is 27.0. The van der Waals surface area contributed by atoms with Crippen molar-refractivity contribution in [3.05, 3.63) is 23.3 Å². The van der Waals surface area contributed by atoms with E-state index in [1.165, 1.54) is 101 Å². The Morgan fingerprint density at radius 1 is 0.618 bits per heavy atom. The van der Waals surface area contributed by atoms with Crippen LogP contribution in [0.2, 0.25) is 0 Å². The van der Waals surface area contributed by atoms with Crippen LogP contribution in [0.3, 0.4) is 0 Å². The monoisotopic (exact) mass is 1080 g/mol. The molecule has 0 aromatic rings. The lowest BCUT2D eigenvalue weighted by Gasteiger charge is -2.58. The summed E-state index contributed by atoms with van der Waals surface area (Å²) < 4.78 is 47.7. The van der Waals surface area contributed by atoms with Crippen LogP contribution in [-0.4, -0.2) is 87.5 Å². The standard InChI is InChI=1S/C64H108NO10P/c1-42(2)16-14-18-44(5)53-24-26-55-51-22-20-46-38-48(28-32-61(46,7)57(51)30-34-63(53,55)9)73-59(66)70-40-50(41-72-76(68,69)71-37-36-65(11,12)13)75-60(67)74-49-29-33-62(8)47(39-49)21-23-52-56-27-25-54(45(6)19-15-17-43(3)4)64(56,10)35-31-58(52)62/h20-21,42-45,48-58H,14-19,22-41H2,1-13H3/p+1/t44-,45-,48+,49+,50?,51+,52+,53-,54-,55+,56+,57+,58+,61+,62+,63-,64-/m1/s1. The molecule has 8 aliphatic carbocycles. The van der Waals surface area contributed by atoms with Crippen molar-refractivity contribution in [3.8, 4) is 0 Å². The number of hydrogen-bond acceptors (Lipinski definition) is 9. The highest BCUT2D eigenvalue weighted by Crippen LogP contribution is 2.69. The minimum Gasteiger partial charge on any atom is -0.431 e. The van der Waals surface area contributed by atoms with Gasteiger partial charge in [-0.15, -0.1) is 0 Å². The third kappa shape index (κ3) is 13.4. The molecular formula is C64H109NO10P+. The number of phosphoric ester groups is 1. The van der Waals surface area contributed by atoms with Crippen molar-refractivity contribution in [1.82, 2.24) is 0 Å². The highest BCUT2D eigenvalue weighted by atomic mass is 31.2. The van der Waals surface area contributed by atoms with Gasteiger partial charge in [0.2, 0.25) is 0 Å². The van der Waals surface area contributed by atoms with Crippen molar-refractivity contribution >= 4 is 20.1 Å². The Labute approximate surface area is 462 Å². The molecule has 0 bridgehead atoms. The van der Waals surface area contributed by atoms with Crippen LogP contribution in [-0.2, 0) is 32.6 Å². The lowest BCUT2D eigenvalue weighted by molar-refractivity contribution is -0.870. The zero-order valence-corrected chi connectivity index (χ0v) is 51.1. The van der Waals surface area contributed by atoms with Gasteiger partial charge in [-0.3, -0.25) is 9.05 Å². The van der Waals surface area contributed by atoms with Gasteiger partial charge in [0.05, 0.1) is 27.7 Å². The van der Waals surface area contributed by atoms with Crippen molar-refractivity contribution in [2.75, 3.05) is 47.5 Å². The maximum Gasteiger partial charge on any atom is 0.509 e. The van der Waals surface area contributed by atoms with Gasteiger partial charge in [0.15, 0.2) is 6.10 Å². The number of hydrogen-bond donors (Lipinski definition) is 1. The van der Waals surface area contributed by atoms with Crippen LogP contribution in [0, 0.1) is 92.7 Å². The average Bonchev–Trinajstić information content (AvgIpc) is 3.98. The molecule has 0 amide bonds. The lowest BCUT2D eigenvalue weighted by Crippen LogP contribution is -2.51. The second-order valence-corrected chi connectivity index (χ2v) is 31.2. The molecule has 0 radical (unpaired) electrons. The zero-order valence-electron chi connectivity index (χ0n) is 50.2. The Hall–Kier alpha value is -1.91. The molecule has 8 aliphatic rings. The van der Waals surface area contributed by atoms with E-state index in [0.717, 1.165) is 85.9 Å². The zero-order chi connectivity index (χ0) is 55.0. The Bertz CT molecular complexity index is 2100. The number of carbonyl (C=O) groups is 2. The summed E-state index contributed by atoms with van der Waals surface area (Å²) >= 11 is 0. The van der Waals surface area contributed by atoms with E-state index >= 15 is 0 Å². The minimum atomic E-state index is -4.53. The van der Waals surface area contributed by atoms with Crippen LogP contribution in [0.4, 0.5) is 9.59 Å². The third-order valence-corrected chi connectivity index (χ3v) is 24.1. The molecule has 1 N–H and O–H groups in total. The molecule has 0 saturated heterocycles. The molecule has 18 atom stereocenters. The fraction of sp³-hybridized carbons (Fsp3) is 0.906. The summed E-state index contributed by atoms with van der Waals surface area (Å²) in [6, 6.07) is 0. The van der Waals surface area contributed by atoms with Crippen LogP contribution in [0.1, 0.15) is 210 Å². The molecule has 0 spiro atoms. The Kier molecular flexibility index (Phi) is 19.2. The van der Waals surface area contributed by atoms with Crippen molar-refractivity contribution < 1.29 is 51.5 Å². The number of likely N-dealkylation sites (N-methyl/N-ethyl adjacent to an activating group) is 1. The van der Waals surface area contributed by atoms with E-state index in [0.29, 0.717) is 58.4 Å². The minimum absolute atomic E-state index is 0.0133. The van der Waals surface area contributed by atoms with Crippen molar-refractivity contribution in [1.29, 1.82) is 0 Å². The Morgan fingerprint density at radius 3 is 1.55 bits per heavy atom. The number of nitrogens with zero attached hydrogens (tertiary/aromatic N) is 1. The first-order valence-corrected chi connectivity index (χ1v) is 32.8. The molecule has 0 aliphatic heterocycles. The van der Waals surface area contributed by atoms with Crippen molar-refractivity contribution in [3.63, 3.8) is 0 Å². The van der Waals surface area contributed by atoms with Crippen LogP contribution >= 0.6 is 7.82 Å². The Balaban J connectivity index is 0.848. The van der Waals surface area contributed by atoms with E-state index in [-0.39, 0.29) is 29.6 Å². The number of ether oxygens (including phenoxy) is 4. The topological polar surface area (TPSA) is 127 Å². The summed E-state index contributed by atoms with van der Waals surface area (Å²) in [5.41, 5.74) is 3.87. The van der Waals surface area contributed by atoms with Gasteiger partial charge in [0.1, 0.15) is 32.0 Å². The average molecular weight is 1080 g/mol. The summed E-state index contributed by atoms with van der Waals surface area (Å²) in [5.74, 6) is 9.02. The molecule has 434 valence electrons. The summed E-state index contributed by atoms with van der Waals surface area (Å²) in [7, 11) is 1.33. The van der Waals surface area contributed by atoms with Crippen LogP contribution in [0.25, 0.3) is 0 Å². The number of rotatable bonds is 22. The van der Waals surface area contributed by atoms with Gasteiger partial charge in [-0.25, -0.2) is 14.2 Å². The highest BCUT2D eigenvalue weighted by Gasteiger charge is 2.61. The van der Waals surface area contributed by atoms with E-state index in [4.69, 9.17) is 28.0 Å². The van der Waals surface area contributed by atoms with Gasteiger partial charge in [0, 0.05) is 12.8 Å². The first kappa shape index (κ1) is 60.2.